The number of carboxylic acids is 1. The van der Waals surface area contributed by atoms with Crippen LogP contribution in [0, 0.1) is 24.2 Å². The zero-order valence-electron chi connectivity index (χ0n) is 10.2. The van der Waals surface area contributed by atoms with Crippen LogP contribution in [0.25, 0.3) is 0 Å². The molecular formula is C13H19NO3. The summed E-state index contributed by atoms with van der Waals surface area (Å²) in [4.78, 5) is 24.5. The van der Waals surface area contributed by atoms with E-state index >= 15 is 0 Å². The molecule has 0 aromatic carbocycles. The fourth-order valence-corrected chi connectivity index (χ4v) is 2.30. The number of carbonyl (C=O) groups is 2. The molecule has 1 aliphatic carbocycles. The van der Waals surface area contributed by atoms with Crippen LogP contribution in [0.5, 0.6) is 0 Å². The summed E-state index contributed by atoms with van der Waals surface area (Å²) < 4.78 is 0. The third-order valence-corrected chi connectivity index (χ3v) is 3.40. The summed E-state index contributed by atoms with van der Waals surface area (Å²) in [7, 11) is 0. The first-order valence-electron chi connectivity index (χ1n) is 6.05. The van der Waals surface area contributed by atoms with Crippen LogP contribution in [-0.2, 0) is 9.59 Å². The maximum absolute atomic E-state index is 12.1. The third-order valence-electron chi connectivity index (χ3n) is 3.40. The SMILES string of the molecule is C#CCN(CC)C(=O)C1CCC(C(=O)O)CC1. The fraction of sp³-hybridized carbons (Fsp3) is 0.692. The van der Waals surface area contributed by atoms with Gasteiger partial charge in [0.25, 0.3) is 0 Å². The molecule has 0 aliphatic heterocycles. The van der Waals surface area contributed by atoms with Gasteiger partial charge in [-0.05, 0) is 32.6 Å². The number of carboxylic acid groups (broad SMARTS) is 1. The van der Waals surface area contributed by atoms with E-state index in [1.165, 1.54) is 0 Å². The molecule has 17 heavy (non-hydrogen) atoms. The maximum Gasteiger partial charge on any atom is 0.306 e. The van der Waals surface area contributed by atoms with E-state index in [0.717, 1.165) is 0 Å². The van der Waals surface area contributed by atoms with E-state index in [1.54, 1.807) is 4.90 Å². The Balaban J connectivity index is 2.50. The van der Waals surface area contributed by atoms with Crippen molar-refractivity contribution in [1.82, 2.24) is 4.90 Å². The van der Waals surface area contributed by atoms with Gasteiger partial charge in [-0.1, -0.05) is 5.92 Å². The molecule has 0 radical (unpaired) electrons. The van der Waals surface area contributed by atoms with Crippen molar-refractivity contribution in [2.75, 3.05) is 13.1 Å². The topological polar surface area (TPSA) is 57.6 Å². The molecule has 94 valence electrons. The molecule has 0 aromatic rings. The molecule has 0 atom stereocenters. The minimum absolute atomic E-state index is 0.0427. The van der Waals surface area contributed by atoms with Gasteiger partial charge in [-0.3, -0.25) is 9.59 Å². The zero-order valence-corrected chi connectivity index (χ0v) is 10.2. The Kier molecular flexibility index (Phi) is 5.02. The van der Waals surface area contributed by atoms with Crippen LogP contribution >= 0.6 is 0 Å². The number of nitrogens with zero attached hydrogens (tertiary/aromatic N) is 1. The predicted octanol–water partition coefficient (Wildman–Crippen LogP) is 1.36. The monoisotopic (exact) mass is 237 g/mol. The summed E-state index contributed by atoms with van der Waals surface area (Å²) in [5, 5.41) is 8.88. The molecule has 1 saturated carbocycles. The quantitative estimate of drug-likeness (QED) is 0.751. The minimum Gasteiger partial charge on any atom is -0.481 e. The molecule has 1 aliphatic rings. The predicted molar refractivity (Wildman–Crippen MR) is 64.2 cm³/mol. The highest BCUT2D eigenvalue weighted by Crippen LogP contribution is 2.30. The number of terminal acetylenes is 1. The minimum atomic E-state index is -0.744. The molecule has 1 rings (SSSR count). The smallest absolute Gasteiger partial charge is 0.306 e. The second kappa shape index (κ2) is 6.29. The van der Waals surface area contributed by atoms with Gasteiger partial charge in [-0.25, -0.2) is 0 Å². The van der Waals surface area contributed by atoms with Gasteiger partial charge in [0.05, 0.1) is 12.5 Å². The molecule has 1 fully saturated rings. The molecule has 1 N–H and O–H groups in total. The molecule has 0 aromatic heterocycles. The molecule has 0 spiro atoms. The van der Waals surface area contributed by atoms with Gasteiger partial charge in [0, 0.05) is 12.5 Å². The molecule has 0 bridgehead atoms. The van der Waals surface area contributed by atoms with Crippen molar-refractivity contribution in [2.24, 2.45) is 11.8 Å². The first-order valence-corrected chi connectivity index (χ1v) is 6.05. The van der Waals surface area contributed by atoms with E-state index in [-0.39, 0.29) is 17.7 Å². The summed E-state index contributed by atoms with van der Waals surface area (Å²) in [6, 6.07) is 0. The van der Waals surface area contributed by atoms with Crippen molar-refractivity contribution in [3.05, 3.63) is 0 Å². The first-order chi connectivity index (χ1) is 8.10. The summed E-state index contributed by atoms with van der Waals surface area (Å²) >= 11 is 0. The van der Waals surface area contributed by atoms with Crippen molar-refractivity contribution in [3.63, 3.8) is 0 Å². The van der Waals surface area contributed by atoms with Crippen molar-refractivity contribution in [2.45, 2.75) is 32.6 Å². The Hall–Kier alpha value is -1.50. The van der Waals surface area contributed by atoms with Crippen molar-refractivity contribution in [3.8, 4) is 12.3 Å². The lowest BCUT2D eigenvalue weighted by Gasteiger charge is -2.29. The number of carbonyl (C=O) groups excluding carboxylic acids is 1. The Morgan fingerprint density at radius 1 is 1.29 bits per heavy atom. The van der Waals surface area contributed by atoms with E-state index in [9.17, 15) is 9.59 Å². The standard InChI is InChI=1S/C13H19NO3/c1-3-9-14(4-2)12(15)10-5-7-11(8-6-10)13(16)17/h1,10-11H,4-9H2,2H3,(H,16,17). The first kappa shape index (κ1) is 13.6. The summed E-state index contributed by atoms with van der Waals surface area (Å²) in [6.07, 6.45) is 7.73. The van der Waals surface area contributed by atoms with Crippen LogP contribution in [0.1, 0.15) is 32.6 Å². The van der Waals surface area contributed by atoms with Crippen molar-refractivity contribution >= 4 is 11.9 Å². The lowest BCUT2D eigenvalue weighted by atomic mass is 9.81. The van der Waals surface area contributed by atoms with Crippen LogP contribution in [0.2, 0.25) is 0 Å². The highest BCUT2D eigenvalue weighted by Gasteiger charge is 2.31. The number of aliphatic carboxylic acids is 1. The van der Waals surface area contributed by atoms with Gasteiger partial charge in [0.2, 0.25) is 5.91 Å². The molecule has 4 nitrogen and oxygen atoms in total. The van der Waals surface area contributed by atoms with Crippen LogP contribution in [0.4, 0.5) is 0 Å². The third kappa shape index (κ3) is 3.48. The second-order valence-corrected chi connectivity index (χ2v) is 4.44. The normalized spacial score (nSPS) is 23.8. The largest absolute Gasteiger partial charge is 0.481 e. The Bertz CT molecular complexity index is 324. The Morgan fingerprint density at radius 2 is 1.82 bits per heavy atom. The second-order valence-electron chi connectivity index (χ2n) is 4.44. The maximum atomic E-state index is 12.1. The lowest BCUT2D eigenvalue weighted by molar-refractivity contribution is -0.145. The van der Waals surface area contributed by atoms with Crippen LogP contribution in [0.15, 0.2) is 0 Å². The summed E-state index contributed by atoms with van der Waals surface area (Å²) in [5.74, 6) is 1.49. The zero-order chi connectivity index (χ0) is 12.8. The van der Waals surface area contributed by atoms with Gasteiger partial charge in [-0.15, -0.1) is 6.42 Å². The average molecular weight is 237 g/mol. The molecule has 0 heterocycles. The van der Waals surface area contributed by atoms with Gasteiger partial charge in [-0.2, -0.15) is 0 Å². The van der Waals surface area contributed by atoms with Crippen LogP contribution < -0.4 is 0 Å². The molecule has 1 amide bonds. The van der Waals surface area contributed by atoms with E-state index in [1.807, 2.05) is 6.92 Å². The van der Waals surface area contributed by atoms with Gasteiger partial charge < -0.3 is 10.0 Å². The number of hydrogen-bond acceptors (Lipinski definition) is 2. The molecule has 4 heteroatoms. The number of hydrogen-bond donors (Lipinski definition) is 1. The van der Waals surface area contributed by atoms with Crippen molar-refractivity contribution in [1.29, 1.82) is 0 Å². The fourth-order valence-electron chi connectivity index (χ4n) is 2.30. The van der Waals surface area contributed by atoms with E-state index in [0.29, 0.717) is 38.8 Å². The van der Waals surface area contributed by atoms with Crippen molar-refractivity contribution < 1.29 is 14.7 Å². The van der Waals surface area contributed by atoms with E-state index in [4.69, 9.17) is 11.5 Å². The van der Waals surface area contributed by atoms with E-state index in [2.05, 4.69) is 5.92 Å². The van der Waals surface area contributed by atoms with Gasteiger partial charge in [0.1, 0.15) is 0 Å². The Labute approximate surface area is 102 Å². The summed E-state index contributed by atoms with van der Waals surface area (Å²) in [6.45, 7) is 2.86. The molecular weight excluding hydrogens is 218 g/mol. The lowest BCUT2D eigenvalue weighted by Crippen LogP contribution is -2.38. The van der Waals surface area contributed by atoms with E-state index < -0.39 is 5.97 Å². The van der Waals surface area contributed by atoms with Gasteiger partial charge in [0.15, 0.2) is 0 Å². The number of rotatable bonds is 4. The highest BCUT2D eigenvalue weighted by atomic mass is 16.4. The van der Waals surface area contributed by atoms with Crippen LogP contribution in [-0.4, -0.2) is 35.0 Å². The van der Waals surface area contributed by atoms with Gasteiger partial charge >= 0.3 is 5.97 Å². The molecule has 0 saturated heterocycles. The number of amides is 1. The summed E-state index contributed by atoms with van der Waals surface area (Å²) in [5.41, 5.74) is 0. The van der Waals surface area contributed by atoms with Crippen LogP contribution in [0.3, 0.4) is 0 Å². The Morgan fingerprint density at radius 3 is 2.24 bits per heavy atom. The average Bonchev–Trinajstić information content (AvgIpc) is 2.35. The molecule has 0 unspecified atom stereocenters. The highest BCUT2D eigenvalue weighted by molar-refractivity contribution is 5.79.